The van der Waals surface area contributed by atoms with E-state index in [1.807, 2.05) is 0 Å². The van der Waals surface area contributed by atoms with Gasteiger partial charge in [0.2, 0.25) is 0 Å². The first kappa shape index (κ1) is 22.2. The lowest BCUT2D eigenvalue weighted by molar-refractivity contribution is -0.137. The van der Waals surface area contributed by atoms with Crippen molar-refractivity contribution in [3.05, 3.63) is 64.9 Å². The van der Waals surface area contributed by atoms with Gasteiger partial charge >= 0.3 is 6.18 Å². The second-order valence-electron chi connectivity index (χ2n) is 7.13. The van der Waals surface area contributed by atoms with Gasteiger partial charge in [-0.3, -0.25) is 0 Å². The summed E-state index contributed by atoms with van der Waals surface area (Å²) in [5, 5.41) is 13.2. The van der Waals surface area contributed by atoms with Gasteiger partial charge in [0.25, 0.3) is 0 Å². The Labute approximate surface area is 187 Å². The Morgan fingerprint density at radius 1 is 1.03 bits per heavy atom. The summed E-state index contributed by atoms with van der Waals surface area (Å²) < 4.78 is 50.0. The molecule has 2 N–H and O–H groups in total. The second-order valence-corrected chi connectivity index (χ2v) is 7.54. The number of ether oxygens (including phenoxy) is 2. The predicted octanol–water partition coefficient (Wildman–Crippen LogP) is 5.12. The van der Waals surface area contributed by atoms with Crippen LogP contribution >= 0.6 is 11.6 Å². The number of anilines is 1. The van der Waals surface area contributed by atoms with Gasteiger partial charge in [-0.2, -0.15) is 13.2 Å². The summed E-state index contributed by atoms with van der Waals surface area (Å²) in [4.78, 5) is 8.20. The fourth-order valence-electron chi connectivity index (χ4n) is 3.22. The third-order valence-corrected chi connectivity index (χ3v) is 5.18. The van der Waals surface area contributed by atoms with Gasteiger partial charge < -0.3 is 19.9 Å². The summed E-state index contributed by atoms with van der Waals surface area (Å²) in [6.45, 7) is 1.27. The van der Waals surface area contributed by atoms with Crippen LogP contribution in [0.25, 0.3) is 11.3 Å². The average molecular weight is 466 g/mol. The number of nitrogens with one attached hydrogen (secondary N) is 1. The molecule has 2 heterocycles. The van der Waals surface area contributed by atoms with E-state index in [0.29, 0.717) is 47.4 Å². The van der Waals surface area contributed by atoms with E-state index in [1.54, 1.807) is 24.3 Å². The van der Waals surface area contributed by atoms with Crippen molar-refractivity contribution in [2.24, 2.45) is 0 Å². The van der Waals surface area contributed by atoms with Crippen LogP contribution in [0.5, 0.6) is 11.5 Å². The molecule has 0 radical (unpaired) electrons. The van der Waals surface area contributed by atoms with Gasteiger partial charge in [-0.25, -0.2) is 9.97 Å². The van der Waals surface area contributed by atoms with Crippen LogP contribution < -0.4 is 14.8 Å². The Kier molecular flexibility index (Phi) is 6.38. The molecule has 0 fully saturated rings. The number of fused-ring (bicyclic) bond motifs is 1. The monoisotopic (exact) mass is 465 g/mol. The molecule has 0 saturated carbocycles. The SMILES string of the molecule is OC(CNc1cc(-c2ccc(C(F)(F)F)c(Cl)c2)ncn1)c1ccc2c(c1)OCCCO2. The molecule has 0 aliphatic carbocycles. The van der Waals surface area contributed by atoms with E-state index in [2.05, 4.69) is 15.3 Å². The van der Waals surface area contributed by atoms with Crippen molar-refractivity contribution in [3.8, 4) is 22.8 Å². The minimum Gasteiger partial charge on any atom is -0.490 e. The smallest absolute Gasteiger partial charge is 0.417 e. The van der Waals surface area contributed by atoms with Crippen molar-refractivity contribution in [2.45, 2.75) is 18.7 Å². The molecule has 1 aliphatic heterocycles. The third-order valence-electron chi connectivity index (χ3n) is 4.87. The molecule has 1 atom stereocenters. The fourth-order valence-corrected chi connectivity index (χ4v) is 3.51. The first-order valence-electron chi connectivity index (χ1n) is 9.82. The number of nitrogens with zero attached hydrogens (tertiary/aromatic N) is 2. The van der Waals surface area contributed by atoms with Crippen LogP contribution in [0.1, 0.15) is 23.7 Å². The van der Waals surface area contributed by atoms with Gasteiger partial charge in [-0.1, -0.05) is 23.7 Å². The van der Waals surface area contributed by atoms with Gasteiger partial charge in [0.05, 0.1) is 35.6 Å². The largest absolute Gasteiger partial charge is 0.490 e. The lowest BCUT2D eigenvalue weighted by Gasteiger charge is -2.15. The van der Waals surface area contributed by atoms with E-state index in [0.717, 1.165) is 12.5 Å². The zero-order valence-corrected chi connectivity index (χ0v) is 17.5. The number of aliphatic hydroxyl groups is 1. The molecule has 10 heteroatoms. The highest BCUT2D eigenvalue weighted by molar-refractivity contribution is 6.31. The quantitative estimate of drug-likeness (QED) is 0.544. The molecule has 1 unspecified atom stereocenters. The number of rotatable bonds is 5. The maximum atomic E-state index is 12.9. The molecule has 1 aromatic heterocycles. The number of alkyl halides is 3. The Bertz CT molecular complexity index is 1110. The van der Waals surface area contributed by atoms with Gasteiger partial charge in [-0.15, -0.1) is 0 Å². The molecule has 0 saturated heterocycles. The number of hydrogen-bond donors (Lipinski definition) is 2. The minimum atomic E-state index is -4.53. The van der Waals surface area contributed by atoms with Crippen LogP contribution in [0.3, 0.4) is 0 Å². The zero-order chi connectivity index (χ0) is 22.7. The molecule has 32 heavy (non-hydrogen) atoms. The van der Waals surface area contributed by atoms with Gasteiger partial charge in [0.15, 0.2) is 11.5 Å². The standard InChI is InChI=1S/C22H19ClF3N3O3/c23-16-8-13(2-4-15(16)22(24,25)26)17-10-21(29-12-28-17)27-11-18(30)14-3-5-19-20(9-14)32-7-1-6-31-19/h2-5,8-10,12,18,30H,1,6-7,11H2,(H,27,28,29). The van der Waals surface area contributed by atoms with Gasteiger partial charge in [0, 0.05) is 24.6 Å². The molecule has 6 nitrogen and oxygen atoms in total. The third kappa shape index (κ3) is 5.05. The van der Waals surface area contributed by atoms with Crippen molar-refractivity contribution in [1.82, 2.24) is 9.97 Å². The summed E-state index contributed by atoms with van der Waals surface area (Å²) in [5.74, 6) is 1.63. The number of aromatic nitrogens is 2. The van der Waals surface area contributed by atoms with E-state index in [1.165, 1.54) is 18.5 Å². The summed E-state index contributed by atoms with van der Waals surface area (Å²) in [6.07, 6.45) is -3.32. The molecule has 4 rings (SSSR count). The highest BCUT2D eigenvalue weighted by Crippen LogP contribution is 2.37. The van der Waals surface area contributed by atoms with Crippen molar-refractivity contribution < 1.29 is 27.8 Å². The Balaban J connectivity index is 1.46. The first-order valence-corrected chi connectivity index (χ1v) is 10.2. The Hall–Kier alpha value is -3.04. The zero-order valence-electron chi connectivity index (χ0n) is 16.7. The van der Waals surface area contributed by atoms with Gasteiger partial charge in [0.1, 0.15) is 12.1 Å². The summed E-state index contributed by atoms with van der Waals surface area (Å²) in [5.41, 5.74) is 0.541. The first-order chi connectivity index (χ1) is 15.3. The Morgan fingerprint density at radius 2 is 1.81 bits per heavy atom. The van der Waals surface area contributed by atoms with Crippen molar-refractivity contribution in [1.29, 1.82) is 0 Å². The van der Waals surface area contributed by atoms with E-state index < -0.39 is 22.9 Å². The molecule has 0 spiro atoms. The lowest BCUT2D eigenvalue weighted by atomic mass is 10.1. The van der Waals surface area contributed by atoms with Crippen LogP contribution in [0.2, 0.25) is 5.02 Å². The van der Waals surface area contributed by atoms with E-state index in [-0.39, 0.29) is 6.54 Å². The molecular formula is C22H19ClF3N3O3. The average Bonchev–Trinajstić information content (AvgIpc) is 3.01. The maximum Gasteiger partial charge on any atom is 0.417 e. The van der Waals surface area contributed by atoms with Crippen LogP contribution in [0.4, 0.5) is 19.0 Å². The Morgan fingerprint density at radius 3 is 2.56 bits per heavy atom. The number of halogens is 4. The number of aliphatic hydroxyl groups excluding tert-OH is 1. The van der Waals surface area contributed by atoms with Crippen LogP contribution in [-0.2, 0) is 6.18 Å². The normalized spacial score (nSPS) is 14.5. The van der Waals surface area contributed by atoms with Crippen LogP contribution in [-0.4, -0.2) is 34.8 Å². The van der Waals surface area contributed by atoms with E-state index >= 15 is 0 Å². The van der Waals surface area contributed by atoms with Crippen molar-refractivity contribution in [3.63, 3.8) is 0 Å². The van der Waals surface area contributed by atoms with E-state index in [4.69, 9.17) is 21.1 Å². The van der Waals surface area contributed by atoms with Crippen molar-refractivity contribution >= 4 is 17.4 Å². The van der Waals surface area contributed by atoms with Crippen LogP contribution in [0.15, 0.2) is 48.8 Å². The van der Waals surface area contributed by atoms with Crippen molar-refractivity contribution in [2.75, 3.05) is 25.1 Å². The minimum absolute atomic E-state index is 0.143. The second kappa shape index (κ2) is 9.22. The molecule has 168 valence electrons. The summed E-state index contributed by atoms with van der Waals surface area (Å²) >= 11 is 5.80. The molecule has 3 aromatic rings. The molecule has 0 bridgehead atoms. The molecular weight excluding hydrogens is 447 g/mol. The lowest BCUT2D eigenvalue weighted by Crippen LogP contribution is -2.13. The number of hydrogen-bond acceptors (Lipinski definition) is 6. The summed E-state index contributed by atoms with van der Waals surface area (Å²) in [7, 11) is 0. The highest BCUT2D eigenvalue weighted by atomic mass is 35.5. The molecule has 0 amide bonds. The van der Waals surface area contributed by atoms with E-state index in [9.17, 15) is 18.3 Å². The fraction of sp³-hybridized carbons (Fsp3) is 0.273. The molecule has 2 aromatic carbocycles. The van der Waals surface area contributed by atoms with Crippen LogP contribution in [0, 0.1) is 0 Å². The predicted molar refractivity (Wildman–Crippen MR) is 113 cm³/mol. The highest BCUT2D eigenvalue weighted by Gasteiger charge is 2.33. The van der Waals surface area contributed by atoms with Gasteiger partial charge in [-0.05, 0) is 29.8 Å². The number of benzene rings is 2. The summed E-state index contributed by atoms with van der Waals surface area (Å²) in [6, 6.07) is 10.3. The topological polar surface area (TPSA) is 76.5 Å². The maximum absolute atomic E-state index is 12.9. The molecule has 1 aliphatic rings.